The van der Waals surface area contributed by atoms with Crippen LogP contribution < -0.4 is 0 Å². The molecule has 0 aromatic heterocycles. The molecule has 18 heavy (non-hydrogen) atoms. The van der Waals surface area contributed by atoms with E-state index in [-0.39, 0.29) is 16.6 Å². The van der Waals surface area contributed by atoms with Crippen molar-refractivity contribution in [1.29, 1.82) is 0 Å². The van der Waals surface area contributed by atoms with Crippen molar-refractivity contribution in [2.45, 2.75) is 18.9 Å². The SMILES string of the molecule is O=C(c1cc(F)c(Cl)cc1F)N1CCCC1CCl. The number of hydrogen-bond acceptors (Lipinski definition) is 1. The zero-order valence-electron chi connectivity index (χ0n) is 9.43. The van der Waals surface area contributed by atoms with E-state index >= 15 is 0 Å². The minimum absolute atomic E-state index is 0.114. The fourth-order valence-corrected chi connectivity index (χ4v) is 2.58. The number of amides is 1. The summed E-state index contributed by atoms with van der Waals surface area (Å²) in [6.07, 6.45) is 1.60. The molecule has 1 amide bonds. The summed E-state index contributed by atoms with van der Waals surface area (Å²) < 4.78 is 26.9. The molecule has 1 unspecified atom stereocenters. The van der Waals surface area contributed by atoms with Gasteiger partial charge in [0.05, 0.1) is 10.6 Å². The molecule has 2 rings (SSSR count). The maximum atomic E-state index is 13.6. The molecule has 2 nitrogen and oxygen atoms in total. The van der Waals surface area contributed by atoms with Crippen molar-refractivity contribution in [1.82, 2.24) is 4.90 Å². The first-order valence-electron chi connectivity index (χ1n) is 5.56. The van der Waals surface area contributed by atoms with Gasteiger partial charge in [-0.15, -0.1) is 11.6 Å². The first-order valence-corrected chi connectivity index (χ1v) is 6.47. The molecule has 0 aliphatic carbocycles. The fraction of sp³-hybridized carbons (Fsp3) is 0.417. The number of likely N-dealkylation sites (tertiary alicyclic amines) is 1. The van der Waals surface area contributed by atoms with Crippen molar-refractivity contribution in [3.05, 3.63) is 34.4 Å². The molecule has 6 heteroatoms. The maximum Gasteiger partial charge on any atom is 0.257 e. The lowest BCUT2D eigenvalue weighted by Gasteiger charge is -2.23. The van der Waals surface area contributed by atoms with Crippen molar-refractivity contribution in [3.63, 3.8) is 0 Å². The highest BCUT2D eigenvalue weighted by Gasteiger charge is 2.30. The van der Waals surface area contributed by atoms with E-state index in [4.69, 9.17) is 23.2 Å². The minimum atomic E-state index is -0.813. The first kappa shape index (κ1) is 13.6. The highest BCUT2D eigenvalue weighted by Crippen LogP contribution is 2.25. The smallest absolute Gasteiger partial charge is 0.257 e. The van der Waals surface area contributed by atoms with Gasteiger partial charge in [0.25, 0.3) is 5.91 Å². The molecule has 0 N–H and O–H groups in total. The molecular formula is C12H11Cl2F2NO. The Kier molecular flexibility index (Phi) is 4.07. The van der Waals surface area contributed by atoms with Crippen molar-refractivity contribution in [2.75, 3.05) is 12.4 Å². The molecule has 1 aromatic rings. The summed E-state index contributed by atoms with van der Waals surface area (Å²) in [5.41, 5.74) is -0.297. The Morgan fingerprint density at radius 2 is 2.11 bits per heavy atom. The Morgan fingerprint density at radius 1 is 1.39 bits per heavy atom. The van der Waals surface area contributed by atoms with Crippen LogP contribution in [0.15, 0.2) is 12.1 Å². The summed E-state index contributed by atoms with van der Waals surface area (Å²) in [5.74, 6) is -1.86. The Hall–Kier alpha value is -0.870. The lowest BCUT2D eigenvalue weighted by Crippen LogP contribution is -2.37. The number of nitrogens with zero attached hydrogens (tertiary/aromatic N) is 1. The van der Waals surface area contributed by atoms with Crippen molar-refractivity contribution >= 4 is 29.1 Å². The van der Waals surface area contributed by atoms with Crippen molar-refractivity contribution in [3.8, 4) is 0 Å². The number of carbonyl (C=O) groups excluding carboxylic acids is 1. The lowest BCUT2D eigenvalue weighted by molar-refractivity contribution is 0.0744. The molecule has 0 spiro atoms. The van der Waals surface area contributed by atoms with E-state index in [9.17, 15) is 13.6 Å². The highest BCUT2D eigenvalue weighted by molar-refractivity contribution is 6.30. The predicted molar refractivity (Wildman–Crippen MR) is 66.1 cm³/mol. The summed E-state index contributed by atoms with van der Waals surface area (Å²) >= 11 is 11.2. The van der Waals surface area contributed by atoms with Gasteiger partial charge in [-0.05, 0) is 25.0 Å². The summed E-state index contributed by atoms with van der Waals surface area (Å²) in [6.45, 7) is 0.514. The number of benzene rings is 1. The Bertz CT molecular complexity index is 481. The maximum absolute atomic E-state index is 13.6. The van der Waals surface area contributed by atoms with Gasteiger partial charge in [-0.3, -0.25) is 4.79 Å². The fourth-order valence-electron chi connectivity index (χ4n) is 2.10. The summed E-state index contributed by atoms with van der Waals surface area (Å²) in [6, 6.07) is 1.54. The van der Waals surface area contributed by atoms with Crippen LogP contribution in [0.3, 0.4) is 0 Å². The van der Waals surface area contributed by atoms with E-state index in [1.165, 1.54) is 4.90 Å². The second-order valence-corrected chi connectivity index (χ2v) is 4.91. The second-order valence-electron chi connectivity index (χ2n) is 4.20. The molecule has 1 heterocycles. The Labute approximate surface area is 113 Å². The van der Waals surface area contributed by atoms with E-state index in [0.29, 0.717) is 12.4 Å². The van der Waals surface area contributed by atoms with Gasteiger partial charge in [0.15, 0.2) is 0 Å². The van der Waals surface area contributed by atoms with Gasteiger partial charge in [0.1, 0.15) is 11.6 Å². The van der Waals surface area contributed by atoms with Gasteiger partial charge in [0, 0.05) is 18.5 Å². The standard InChI is InChI=1S/C12H11Cl2F2NO/c13-6-7-2-1-3-17(7)12(18)8-4-11(16)9(14)5-10(8)15/h4-5,7H,1-3,6H2. The molecule has 1 aliphatic rings. The van der Waals surface area contributed by atoms with Crippen LogP contribution in [-0.4, -0.2) is 29.3 Å². The molecule has 1 aromatic carbocycles. The molecule has 1 aliphatic heterocycles. The Morgan fingerprint density at radius 3 is 2.78 bits per heavy atom. The summed E-state index contributed by atoms with van der Waals surface area (Å²) in [7, 11) is 0. The van der Waals surface area contributed by atoms with Crippen LogP contribution in [0.4, 0.5) is 8.78 Å². The van der Waals surface area contributed by atoms with Crippen LogP contribution in [-0.2, 0) is 0 Å². The van der Waals surface area contributed by atoms with Gasteiger partial charge >= 0.3 is 0 Å². The summed E-state index contributed by atoms with van der Waals surface area (Å²) in [4.78, 5) is 13.6. The van der Waals surface area contributed by atoms with Crippen LogP contribution in [0.1, 0.15) is 23.2 Å². The van der Waals surface area contributed by atoms with Crippen LogP contribution in [0.25, 0.3) is 0 Å². The molecule has 0 bridgehead atoms. The van der Waals surface area contributed by atoms with Crippen LogP contribution in [0, 0.1) is 11.6 Å². The third-order valence-electron chi connectivity index (χ3n) is 3.06. The van der Waals surface area contributed by atoms with Gasteiger partial charge in [0.2, 0.25) is 0 Å². The monoisotopic (exact) mass is 293 g/mol. The van der Waals surface area contributed by atoms with Crippen LogP contribution in [0.5, 0.6) is 0 Å². The zero-order chi connectivity index (χ0) is 13.3. The van der Waals surface area contributed by atoms with Gasteiger partial charge in [-0.1, -0.05) is 11.6 Å². The van der Waals surface area contributed by atoms with E-state index < -0.39 is 17.5 Å². The van der Waals surface area contributed by atoms with Gasteiger partial charge in [-0.2, -0.15) is 0 Å². The summed E-state index contributed by atoms with van der Waals surface area (Å²) in [5, 5.41) is -0.334. The number of rotatable bonds is 2. The predicted octanol–water partition coefficient (Wildman–Crippen LogP) is 3.46. The number of carbonyl (C=O) groups is 1. The van der Waals surface area contributed by atoms with Crippen LogP contribution >= 0.6 is 23.2 Å². The first-order chi connectivity index (χ1) is 8.54. The zero-order valence-corrected chi connectivity index (χ0v) is 10.9. The van der Waals surface area contributed by atoms with Gasteiger partial charge < -0.3 is 4.90 Å². The molecule has 1 fully saturated rings. The minimum Gasteiger partial charge on any atom is -0.334 e. The van der Waals surface area contributed by atoms with Crippen LogP contribution in [0.2, 0.25) is 5.02 Å². The third-order valence-corrected chi connectivity index (χ3v) is 3.70. The topological polar surface area (TPSA) is 20.3 Å². The average molecular weight is 294 g/mol. The van der Waals surface area contributed by atoms with Crippen molar-refractivity contribution < 1.29 is 13.6 Å². The molecule has 0 saturated carbocycles. The van der Waals surface area contributed by atoms with Crippen molar-refractivity contribution in [2.24, 2.45) is 0 Å². The van der Waals surface area contributed by atoms with E-state index in [2.05, 4.69) is 0 Å². The average Bonchev–Trinajstić information content (AvgIpc) is 2.81. The van der Waals surface area contributed by atoms with E-state index in [0.717, 1.165) is 25.0 Å². The molecule has 1 saturated heterocycles. The van der Waals surface area contributed by atoms with E-state index in [1.54, 1.807) is 0 Å². The number of hydrogen-bond donors (Lipinski definition) is 0. The number of halogens is 4. The largest absolute Gasteiger partial charge is 0.334 e. The second kappa shape index (κ2) is 5.41. The molecule has 0 radical (unpaired) electrons. The third kappa shape index (κ3) is 2.45. The highest BCUT2D eigenvalue weighted by atomic mass is 35.5. The van der Waals surface area contributed by atoms with E-state index in [1.807, 2.05) is 0 Å². The molecule has 98 valence electrons. The lowest BCUT2D eigenvalue weighted by atomic mass is 10.1. The molecular weight excluding hydrogens is 283 g/mol. The van der Waals surface area contributed by atoms with Gasteiger partial charge in [-0.25, -0.2) is 8.78 Å². The Balaban J connectivity index is 2.31. The quantitative estimate of drug-likeness (QED) is 0.604. The molecule has 1 atom stereocenters. The normalized spacial score (nSPS) is 19.3. The number of alkyl halides is 1.